The van der Waals surface area contributed by atoms with E-state index < -0.39 is 0 Å². The van der Waals surface area contributed by atoms with Crippen molar-refractivity contribution >= 4 is 11.1 Å². The zero-order valence-electron chi connectivity index (χ0n) is 19.0. The van der Waals surface area contributed by atoms with Gasteiger partial charge in [0.25, 0.3) is 0 Å². The molecule has 4 aromatic rings. The van der Waals surface area contributed by atoms with Crippen LogP contribution in [0.5, 0.6) is 0 Å². The molecule has 5 rings (SSSR count). The zero-order valence-corrected chi connectivity index (χ0v) is 19.0. The lowest BCUT2D eigenvalue weighted by atomic mass is 9.86. The number of rotatable bonds is 5. The quantitative estimate of drug-likeness (QED) is 0.447. The molecular weight excluding hydrogens is 400 g/mol. The third kappa shape index (κ3) is 4.33. The van der Waals surface area contributed by atoms with Crippen molar-refractivity contribution in [3.05, 3.63) is 60.6 Å². The highest BCUT2D eigenvalue weighted by Crippen LogP contribution is 2.32. The lowest BCUT2D eigenvalue weighted by molar-refractivity contribution is 0.0360. The van der Waals surface area contributed by atoms with Crippen LogP contribution in [0.2, 0.25) is 0 Å². The van der Waals surface area contributed by atoms with E-state index in [0.29, 0.717) is 0 Å². The standard InChI is InChI=1S/C26H30N4O2/c1-26(2,3)21-6-4-19(5-7-21)22-18-32-24-9-8-23(28-25(22)24)20-16-27-30(17-20)11-10-29-12-14-31-15-13-29/h4-9,16-18H,10-15H2,1-3H3. The zero-order chi connectivity index (χ0) is 22.1. The normalized spacial score (nSPS) is 15.5. The maximum absolute atomic E-state index is 5.80. The fourth-order valence-corrected chi connectivity index (χ4v) is 4.11. The van der Waals surface area contributed by atoms with Crippen molar-refractivity contribution in [2.45, 2.75) is 32.7 Å². The number of fused-ring (bicyclic) bond motifs is 1. The van der Waals surface area contributed by atoms with E-state index in [-0.39, 0.29) is 5.41 Å². The van der Waals surface area contributed by atoms with E-state index >= 15 is 0 Å². The lowest BCUT2D eigenvalue weighted by Crippen LogP contribution is -2.38. The van der Waals surface area contributed by atoms with Gasteiger partial charge in [-0.25, -0.2) is 4.98 Å². The number of ether oxygens (including phenoxy) is 1. The Kier molecular flexibility index (Phi) is 5.57. The molecule has 3 aromatic heterocycles. The van der Waals surface area contributed by atoms with Gasteiger partial charge in [-0.1, -0.05) is 45.0 Å². The number of nitrogens with zero attached hydrogens (tertiary/aromatic N) is 4. The lowest BCUT2D eigenvalue weighted by Gasteiger charge is -2.26. The van der Waals surface area contributed by atoms with Gasteiger partial charge in [-0.15, -0.1) is 0 Å². The highest BCUT2D eigenvalue weighted by molar-refractivity contribution is 5.92. The molecule has 0 radical (unpaired) electrons. The van der Waals surface area contributed by atoms with E-state index in [1.165, 1.54) is 5.56 Å². The smallest absolute Gasteiger partial charge is 0.153 e. The molecule has 0 spiro atoms. The molecule has 1 aromatic carbocycles. The first-order valence-corrected chi connectivity index (χ1v) is 11.3. The van der Waals surface area contributed by atoms with Crippen molar-refractivity contribution in [2.24, 2.45) is 0 Å². The average molecular weight is 431 g/mol. The van der Waals surface area contributed by atoms with Crippen LogP contribution in [0.1, 0.15) is 26.3 Å². The Bertz CT molecular complexity index is 1190. The van der Waals surface area contributed by atoms with Gasteiger partial charge in [-0.05, 0) is 28.7 Å². The summed E-state index contributed by atoms with van der Waals surface area (Å²) in [5.41, 5.74) is 7.17. The average Bonchev–Trinajstić information content (AvgIpc) is 3.45. The Hall–Kier alpha value is -2.96. The van der Waals surface area contributed by atoms with Crippen LogP contribution in [0, 0.1) is 0 Å². The maximum Gasteiger partial charge on any atom is 0.153 e. The van der Waals surface area contributed by atoms with Crippen molar-refractivity contribution in [3.63, 3.8) is 0 Å². The second kappa shape index (κ2) is 8.52. The third-order valence-corrected chi connectivity index (χ3v) is 6.16. The van der Waals surface area contributed by atoms with Gasteiger partial charge in [0, 0.05) is 37.0 Å². The molecule has 1 aliphatic heterocycles. The van der Waals surface area contributed by atoms with Crippen molar-refractivity contribution in [1.29, 1.82) is 0 Å². The number of pyridine rings is 1. The van der Waals surface area contributed by atoms with Gasteiger partial charge in [0.15, 0.2) is 5.58 Å². The van der Waals surface area contributed by atoms with E-state index in [4.69, 9.17) is 14.1 Å². The summed E-state index contributed by atoms with van der Waals surface area (Å²) < 4.78 is 13.2. The first kappa shape index (κ1) is 20.9. The Labute approximate surface area is 188 Å². The Morgan fingerprint density at radius 2 is 1.72 bits per heavy atom. The van der Waals surface area contributed by atoms with Crippen LogP contribution >= 0.6 is 0 Å². The maximum atomic E-state index is 5.80. The molecule has 0 saturated carbocycles. The van der Waals surface area contributed by atoms with Gasteiger partial charge in [-0.2, -0.15) is 5.10 Å². The van der Waals surface area contributed by atoms with Gasteiger partial charge in [0.1, 0.15) is 11.8 Å². The first-order chi connectivity index (χ1) is 15.5. The molecule has 0 atom stereocenters. The minimum Gasteiger partial charge on any atom is -0.462 e. The molecule has 1 aliphatic rings. The van der Waals surface area contributed by atoms with Crippen molar-refractivity contribution in [3.8, 4) is 22.4 Å². The molecule has 0 unspecified atom stereocenters. The summed E-state index contributed by atoms with van der Waals surface area (Å²) in [6, 6.07) is 12.7. The largest absolute Gasteiger partial charge is 0.462 e. The van der Waals surface area contributed by atoms with Gasteiger partial charge in [-0.3, -0.25) is 9.58 Å². The number of furan rings is 1. The van der Waals surface area contributed by atoms with E-state index in [1.54, 1.807) is 6.26 Å². The van der Waals surface area contributed by atoms with Crippen LogP contribution in [0.4, 0.5) is 0 Å². The van der Waals surface area contributed by atoms with Crippen LogP contribution in [-0.2, 0) is 16.7 Å². The van der Waals surface area contributed by atoms with Crippen LogP contribution in [0.15, 0.2) is 59.5 Å². The topological polar surface area (TPSA) is 56.3 Å². The van der Waals surface area contributed by atoms with Crippen LogP contribution in [0.3, 0.4) is 0 Å². The molecule has 6 heteroatoms. The minimum atomic E-state index is 0.129. The number of hydrogen-bond acceptors (Lipinski definition) is 5. The molecule has 1 fully saturated rings. The Morgan fingerprint density at radius 1 is 0.938 bits per heavy atom. The highest BCUT2D eigenvalue weighted by atomic mass is 16.5. The molecule has 6 nitrogen and oxygen atoms in total. The van der Waals surface area contributed by atoms with Crippen molar-refractivity contribution < 1.29 is 9.15 Å². The molecule has 32 heavy (non-hydrogen) atoms. The second-order valence-corrected chi connectivity index (χ2v) is 9.47. The number of hydrogen-bond donors (Lipinski definition) is 0. The van der Waals surface area contributed by atoms with Crippen molar-refractivity contribution in [2.75, 3.05) is 32.8 Å². The summed E-state index contributed by atoms with van der Waals surface area (Å²) in [5, 5.41) is 4.55. The molecule has 166 valence electrons. The van der Waals surface area contributed by atoms with E-state index in [2.05, 4.69) is 61.2 Å². The molecule has 1 saturated heterocycles. The van der Waals surface area contributed by atoms with Gasteiger partial charge in [0.05, 0.1) is 31.6 Å². The van der Waals surface area contributed by atoms with Gasteiger partial charge in [0.2, 0.25) is 0 Å². The predicted molar refractivity (Wildman–Crippen MR) is 127 cm³/mol. The van der Waals surface area contributed by atoms with Gasteiger partial charge >= 0.3 is 0 Å². The molecule has 0 aliphatic carbocycles. The van der Waals surface area contributed by atoms with E-state index in [9.17, 15) is 0 Å². The minimum absolute atomic E-state index is 0.129. The number of aromatic nitrogens is 3. The predicted octanol–water partition coefficient (Wildman–Crippen LogP) is 4.99. The summed E-state index contributed by atoms with van der Waals surface area (Å²) in [7, 11) is 0. The summed E-state index contributed by atoms with van der Waals surface area (Å²) in [6.07, 6.45) is 5.77. The summed E-state index contributed by atoms with van der Waals surface area (Å²) >= 11 is 0. The fourth-order valence-electron chi connectivity index (χ4n) is 4.11. The molecular formula is C26H30N4O2. The molecule has 4 heterocycles. The van der Waals surface area contributed by atoms with Crippen LogP contribution < -0.4 is 0 Å². The number of benzene rings is 1. The second-order valence-electron chi connectivity index (χ2n) is 9.47. The molecule has 0 N–H and O–H groups in total. The third-order valence-electron chi connectivity index (χ3n) is 6.16. The molecule has 0 amide bonds. The first-order valence-electron chi connectivity index (χ1n) is 11.3. The van der Waals surface area contributed by atoms with Crippen LogP contribution in [0.25, 0.3) is 33.5 Å². The Morgan fingerprint density at radius 3 is 2.47 bits per heavy atom. The Balaban J connectivity index is 1.37. The van der Waals surface area contributed by atoms with Crippen molar-refractivity contribution in [1.82, 2.24) is 19.7 Å². The van der Waals surface area contributed by atoms with Crippen LogP contribution in [-0.4, -0.2) is 52.5 Å². The summed E-state index contributed by atoms with van der Waals surface area (Å²) in [5.74, 6) is 0. The highest BCUT2D eigenvalue weighted by Gasteiger charge is 2.16. The number of morpholine rings is 1. The SMILES string of the molecule is CC(C)(C)c1ccc(-c2coc3ccc(-c4cnn(CCN5CCOCC5)c4)nc23)cc1. The molecule has 0 bridgehead atoms. The fraction of sp³-hybridized carbons (Fsp3) is 0.385. The van der Waals surface area contributed by atoms with E-state index in [0.717, 1.165) is 72.9 Å². The summed E-state index contributed by atoms with van der Waals surface area (Å²) in [4.78, 5) is 7.36. The summed E-state index contributed by atoms with van der Waals surface area (Å²) in [6.45, 7) is 12.1. The van der Waals surface area contributed by atoms with Gasteiger partial charge < -0.3 is 9.15 Å². The van der Waals surface area contributed by atoms with E-state index in [1.807, 2.05) is 23.0 Å². The monoisotopic (exact) mass is 430 g/mol.